The lowest BCUT2D eigenvalue weighted by Gasteiger charge is -2.06. The summed E-state index contributed by atoms with van der Waals surface area (Å²) in [7, 11) is 0. The van der Waals surface area contributed by atoms with E-state index in [0.717, 1.165) is 10.1 Å². The number of nitrogens with zero attached hydrogens (tertiary/aromatic N) is 4. The second-order valence-electron chi connectivity index (χ2n) is 6.28. The van der Waals surface area contributed by atoms with Crippen LogP contribution in [0.15, 0.2) is 76.3 Å². The van der Waals surface area contributed by atoms with Crippen molar-refractivity contribution in [3.05, 3.63) is 89.1 Å². The number of hydrogen-bond donors (Lipinski definition) is 1. The summed E-state index contributed by atoms with van der Waals surface area (Å²) in [5, 5.41) is 5.12. The van der Waals surface area contributed by atoms with Crippen molar-refractivity contribution in [2.45, 2.75) is 0 Å². The molecule has 0 bridgehead atoms. The van der Waals surface area contributed by atoms with Gasteiger partial charge in [-0.25, -0.2) is 18.7 Å². The summed E-state index contributed by atoms with van der Waals surface area (Å²) >= 11 is 0. The number of carbonyl (C=O) groups is 1. The van der Waals surface area contributed by atoms with Crippen LogP contribution in [0.5, 0.6) is 0 Å². The largest absolute Gasteiger partial charge is 0.451 e. The third kappa shape index (κ3) is 2.85. The molecule has 0 fully saturated rings. The van der Waals surface area contributed by atoms with Crippen LogP contribution in [0.1, 0.15) is 10.6 Å². The average molecular weight is 389 g/mol. The standard InChI is InChI=1S/C20H12FN5O3/c21-13-5-7-14(8-6-13)26-18-15(10-23-26)20(28)25(11-22-18)24-19(27)17-9-12-3-1-2-4-16(12)29-17/h1-11H,(H,24,27). The Morgan fingerprint density at radius 1 is 1.10 bits per heavy atom. The molecular weight excluding hydrogens is 377 g/mol. The number of aromatic nitrogens is 4. The summed E-state index contributed by atoms with van der Waals surface area (Å²) in [5.74, 6) is -0.899. The fraction of sp³-hybridized carbons (Fsp3) is 0. The van der Waals surface area contributed by atoms with Gasteiger partial charge in [0.2, 0.25) is 0 Å². The fourth-order valence-electron chi connectivity index (χ4n) is 3.02. The summed E-state index contributed by atoms with van der Waals surface area (Å²) in [6.45, 7) is 0. The van der Waals surface area contributed by atoms with Crippen molar-refractivity contribution < 1.29 is 13.6 Å². The molecule has 2 aromatic carbocycles. The van der Waals surface area contributed by atoms with E-state index in [0.29, 0.717) is 11.3 Å². The van der Waals surface area contributed by atoms with Gasteiger partial charge >= 0.3 is 5.91 Å². The number of carbonyl (C=O) groups excluding carboxylic acids is 1. The maximum absolute atomic E-state index is 13.1. The van der Waals surface area contributed by atoms with Crippen LogP contribution < -0.4 is 11.0 Å². The molecule has 0 aliphatic rings. The van der Waals surface area contributed by atoms with Crippen molar-refractivity contribution in [1.82, 2.24) is 19.4 Å². The zero-order valence-electron chi connectivity index (χ0n) is 14.7. The number of hydrogen-bond acceptors (Lipinski definition) is 5. The highest BCUT2D eigenvalue weighted by molar-refractivity contribution is 6.00. The van der Waals surface area contributed by atoms with Gasteiger partial charge in [-0.1, -0.05) is 18.2 Å². The lowest BCUT2D eigenvalue weighted by molar-refractivity contribution is 0.0982. The van der Waals surface area contributed by atoms with Crippen LogP contribution in [0.2, 0.25) is 0 Å². The van der Waals surface area contributed by atoms with Crippen LogP contribution in [0.4, 0.5) is 4.39 Å². The summed E-state index contributed by atoms with van der Waals surface area (Å²) in [6.07, 6.45) is 2.53. The van der Waals surface area contributed by atoms with Crippen molar-refractivity contribution in [1.29, 1.82) is 0 Å². The van der Waals surface area contributed by atoms with Crippen molar-refractivity contribution in [3.63, 3.8) is 0 Å². The zero-order chi connectivity index (χ0) is 20.0. The van der Waals surface area contributed by atoms with E-state index >= 15 is 0 Å². The minimum atomic E-state index is -0.588. The highest BCUT2D eigenvalue weighted by Crippen LogP contribution is 2.19. The Kier molecular flexibility index (Phi) is 3.73. The van der Waals surface area contributed by atoms with Gasteiger partial charge in [0.05, 0.1) is 11.9 Å². The molecule has 3 heterocycles. The van der Waals surface area contributed by atoms with Crippen molar-refractivity contribution >= 4 is 27.9 Å². The van der Waals surface area contributed by atoms with Crippen LogP contribution in [0.25, 0.3) is 27.7 Å². The Morgan fingerprint density at radius 3 is 2.69 bits per heavy atom. The number of nitrogens with one attached hydrogen (secondary N) is 1. The molecule has 0 atom stereocenters. The van der Waals surface area contributed by atoms with Crippen molar-refractivity contribution in [2.24, 2.45) is 0 Å². The van der Waals surface area contributed by atoms with Crippen LogP contribution in [-0.2, 0) is 0 Å². The maximum Gasteiger partial charge on any atom is 0.305 e. The van der Waals surface area contributed by atoms with E-state index < -0.39 is 11.5 Å². The first kappa shape index (κ1) is 16.9. The second kappa shape index (κ2) is 6.41. The third-order valence-corrected chi connectivity index (χ3v) is 4.43. The molecule has 1 amide bonds. The van der Waals surface area contributed by atoms with E-state index in [1.165, 1.54) is 41.5 Å². The van der Waals surface area contributed by atoms with Crippen LogP contribution >= 0.6 is 0 Å². The SMILES string of the molecule is O=C(Nn1cnc2c(cnn2-c2ccc(F)cc2)c1=O)c1cc2ccccc2o1. The molecule has 0 unspecified atom stereocenters. The van der Waals surface area contributed by atoms with Gasteiger partial charge < -0.3 is 4.42 Å². The van der Waals surface area contributed by atoms with Gasteiger partial charge in [-0.05, 0) is 36.4 Å². The summed E-state index contributed by atoms with van der Waals surface area (Å²) in [5.41, 5.74) is 3.36. The Balaban J connectivity index is 1.49. The normalized spacial score (nSPS) is 11.2. The van der Waals surface area contributed by atoms with Crippen LogP contribution in [0.3, 0.4) is 0 Å². The molecule has 0 saturated heterocycles. The van der Waals surface area contributed by atoms with E-state index in [1.54, 1.807) is 18.2 Å². The van der Waals surface area contributed by atoms with E-state index in [4.69, 9.17) is 4.42 Å². The molecule has 142 valence electrons. The number of amides is 1. The van der Waals surface area contributed by atoms with Gasteiger partial charge in [0, 0.05) is 5.39 Å². The highest BCUT2D eigenvalue weighted by atomic mass is 19.1. The maximum atomic E-state index is 13.1. The molecule has 5 aromatic rings. The highest BCUT2D eigenvalue weighted by Gasteiger charge is 2.16. The Morgan fingerprint density at radius 2 is 1.90 bits per heavy atom. The molecule has 0 radical (unpaired) electrons. The van der Waals surface area contributed by atoms with Gasteiger partial charge in [0.1, 0.15) is 23.1 Å². The van der Waals surface area contributed by atoms with Crippen LogP contribution in [0, 0.1) is 5.82 Å². The molecule has 9 heteroatoms. The number of fused-ring (bicyclic) bond motifs is 2. The average Bonchev–Trinajstić information content (AvgIpc) is 3.35. The molecule has 1 N–H and O–H groups in total. The smallest absolute Gasteiger partial charge is 0.305 e. The predicted octanol–water partition coefficient (Wildman–Crippen LogP) is 2.85. The van der Waals surface area contributed by atoms with Crippen molar-refractivity contribution in [3.8, 4) is 5.69 Å². The third-order valence-electron chi connectivity index (χ3n) is 4.43. The first-order valence-electron chi connectivity index (χ1n) is 8.61. The van der Waals surface area contributed by atoms with E-state index in [1.807, 2.05) is 12.1 Å². The number of halogens is 1. The first-order chi connectivity index (χ1) is 14.1. The zero-order valence-corrected chi connectivity index (χ0v) is 14.7. The van der Waals surface area contributed by atoms with Gasteiger partial charge in [0.25, 0.3) is 5.56 Å². The first-order valence-corrected chi connectivity index (χ1v) is 8.61. The lowest BCUT2D eigenvalue weighted by atomic mass is 10.2. The van der Waals surface area contributed by atoms with E-state index in [9.17, 15) is 14.0 Å². The number of rotatable bonds is 3. The fourth-order valence-corrected chi connectivity index (χ4v) is 3.02. The second-order valence-corrected chi connectivity index (χ2v) is 6.28. The minimum Gasteiger partial charge on any atom is -0.451 e. The Hall–Kier alpha value is -4.27. The summed E-state index contributed by atoms with van der Waals surface area (Å²) in [4.78, 5) is 29.4. The molecule has 0 saturated carbocycles. The number of benzene rings is 2. The lowest BCUT2D eigenvalue weighted by Crippen LogP contribution is -2.33. The van der Waals surface area contributed by atoms with Gasteiger partial charge in [-0.3, -0.25) is 15.0 Å². The molecule has 8 nitrogen and oxygen atoms in total. The van der Waals surface area contributed by atoms with Crippen LogP contribution in [-0.4, -0.2) is 25.3 Å². The molecule has 3 aromatic heterocycles. The Labute approximate surface area is 161 Å². The number of para-hydroxylation sites is 1. The Bertz CT molecular complexity index is 1400. The van der Waals surface area contributed by atoms with Crippen molar-refractivity contribution in [2.75, 3.05) is 5.43 Å². The van der Waals surface area contributed by atoms with E-state index in [-0.39, 0.29) is 22.6 Å². The minimum absolute atomic E-state index is 0.0696. The van der Waals surface area contributed by atoms with Gasteiger partial charge in [0.15, 0.2) is 11.4 Å². The molecule has 0 aliphatic carbocycles. The monoisotopic (exact) mass is 389 g/mol. The molecule has 29 heavy (non-hydrogen) atoms. The number of furan rings is 1. The molecule has 5 rings (SSSR count). The van der Waals surface area contributed by atoms with E-state index in [2.05, 4.69) is 15.5 Å². The molecule has 0 spiro atoms. The molecular formula is C20H12FN5O3. The van der Waals surface area contributed by atoms with Gasteiger partial charge in [-0.15, -0.1) is 0 Å². The topological polar surface area (TPSA) is 95.0 Å². The summed E-state index contributed by atoms with van der Waals surface area (Å²) < 4.78 is 21.0. The molecule has 0 aliphatic heterocycles. The van der Waals surface area contributed by atoms with Gasteiger partial charge in [-0.2, -0.15) is 5.10 Å². The predicted molar refractivity (Wildman–Crippen MR) is 103 cm³/mol. The quantitative estimate of drug-likeness (QED) is 0.512. The summed E-state index contributed by atoms with van der Waals surface area (Å²) in [6, 6.07) is 14.4.